The van der Waals surface area contributed by atoms with Crippen LogP contribution in [-0.4, -0.2) is 49.2 Å². The van der Waals surface area contributed by atoms with Crippen molar-refractivity contribution in [1.29, 1.82) is 0 Å². The van der Waals surface area contributed by atoms with Gasteiger partial charge in [-0.3, -0.25) is 9.59 Å². The topological polar surface area (TPSA) is 83.6 Å². The van der Waals surface area contributed by atoms with Gasteiger partial charge in [-0.1, -0.05) is 30.3 Å². The van der Waals surface area contributed by atoms with E-state index in [1.807, 2.05) is 30.3 Å². The van der Waals surface area contributed by atoms with E-state index in [0.717, 1.165) is 5.56 Å². The number of nitrogens with zero attached hydrogens (tertiary/aromatic N) is 1. The molecule has 0 aromatic heterocycles. The van der Waals surface area contributed by atoms with E-state index in [0.29, 0.717) is 13.0 Å². The molecule has 1 unspecified atom stereocenters. The predicted octanol–water partition coefficient (Wildman–Crippen LogP) is 0.338. The monoisotopic (exact) mass is 324 g/mol. The first-order valence-electron chi connectivity index (χ1n) is 7.26. The molecule has 7 heteroatoms. The Morgan fingerprint density at radius 2 is 1.95 bits per heavy atom. The number of rotatable bonds is 4. The van der Waals surface area contributed by atoms with Gasteiger partial charge < -0.3 is 10.2 Å². The molecule has 2 amide bonds. The summed E-state index contributed by atoms with van der Waals surface area (Å²) in [6.07, 6.45) is 0.397. The van der Waals surface area contributed by atoms with E-state index in [9.17, 15) is 18.0 Å². The molecule has 6 nitrogen and oxygen atoms in total. The van der Waals surface area contributed by atoms with Gasteiger partial charge in [0.25, 0.3) is 0 Å². The normalized spacial score (nSPS) is 19.6. The number of likely N-dealkylation sites (N-methyl/N-ethyl adjacent to an activating group) is 1. The highest BCUT2D eigenvalue weighted by Gasteiger charge is 2.35. The summed E-state index contributed by atoms with van der Waals surface area (Å²) in [7, 11) is -3.09. The van der Waals surface area contributed by atoms with Crippen molar-refractivity contribution in [3.8, 4) is 0 Å². The lowest BCUT2D eigenvalue weighted by Gasteiger charge is -2.26. The highest BCUT2D eigenvalue weighted by molar-refractivity contribution is 7.91. The summed E-state index contributed by atoms with van der Waals surface area (Å²) in [5.41, 5.74) is 0.898. The number of carbonyl (C=O) groups excluding carboxylic acids is 2. The smallest absolute Gasteiger partial charge is 0.312 e. The van der Waals surface area contributed by atoms with Gasteiger partial charge in [-0.05, 0) is 18.9 Å². The molecule has 0 aliphatic carbocycles. The molecular weight excluding hydrogens is 304 g/mol. The van der Waals surface area contributed by atoms with Crippen LogP contribution in [0.15, 0.2) is 30.3 Å². The van der Waals surface area contributed by atoms with Gasteiger partial charge in [-0.2, -0.15) is 0 Å². The third kappa shape index (κ3) is 4.07. The number of nitrogens with one attached hydrogen (secondary N) is 1. The molecule has 0 radical (unpaired) electrons. The van der Waals surface area contributed by atoms with Crippen molar-refractivity contribution in [1.82, 2.24) is 10.2 Å². The molecule has 1 saturated heterocycles. The van der Waals surface area contributed by atoms with Gasteiger partial charge >= 0.3 is 11.8 Å². The van der Waals surface area contributed by atoms with Crippen LogP contribution in [0.2, 0.25) is 0 Å². The number of sulfone groups is 1. The average molecular weight is 324 g/mol. The van der Waals surface area contributed by atoms with E-state index < -0.39 is 27.7 Å². The summed E-state index contributed by atoms with van der Waals surface area (Å²) < 4.78 is 23.1. The van der Waals surface area contributed by atoms with Crippen LogP contribution < -0.4 is 5.32 Å². The Morgan fingerprint density at radius 3 is 2.50 bits per heavy atom. The van der Waals surface area contributed by atoms with Crippen LogP contribution in [-0.2, 0) is 26.0 Å². The minimum atomic E-state index is -3.09. The van der Waals surface area contributed by atoms with Crippen LogP contribution in [0.25, 0.3) is 0 Å². The molecule has 1 aliphatic heterocycles. The Bertz CT molecular complexity index is 643. The van der Waals surface area contributed by atoms with Crippen molar-refractivity contribution < 1.29 is 18.0 Å². The Hall–Kier alpha value is -1.89. The molecule has 1 fully saturated rings. The first kappa shape index (κ1) is 16.5. The van der Waals surface area contributed by atoms with Gasteiger partial charge in [0.2, 0.25) is 0 Å². The average Bonchev–Trinajstić information content (AvgIpc) is 2.86. The summed E-state index contributed by atoms with van der Waals surface area (Å²) in [6, 6.07) is 8.88. The molecule has 1 N–H and O–H groups in total. The maximum atomic E-state index is 12.2. The van der Waals surface area contributed by atoms with Crippen LogP contribution in [0.3, 0.4) is 0 Å². The zero-order valence-electron chi connectivity index (χ0n) is 12.5. The Labute approximate surface area is 130 Å². The summed E-state index contributed by atoms with van der Waals surface area (Å²) in [5, 5.41) is 2.58. The van der Waals surface area contributed by atoms with E-state index in [1.54, 1.807) is 6.92 Å². The lowest BCUT2D eigenvalue weighted by molar-refractivity contribution is -0.147. The van der Waals surface area contributed by atoms with Gasteiger partial charge in [0.1, 0.15) is 0 Å². The van der Waals surface area contributed by atoms with Crippen LogP contribution in [0, 0.1) is 0 Å². The number of carbonyl (C=O) groups is 2. The number of benzene rings is 1. The van der Waals surface area contributed by atoms with Crippen molar-refractivity contribution in [3.63, 3.8) is 0 Å². The molecule has 0 spiro atoms. The van der Waals surface area contributed by atoms with Crippen LogP contribution in [0.1, 0.15) is 18.9 Å². The van der Waals surface area contributed by atoms with E-state index in [1.165, 1.54) is 4.90 Å². The molecule has 1 aliphatic rings. The van der Waals surface area contributed by atoms with E-state index >= 15 is 0 Å². The van der Waals surface area contributed by atoms with E-state index in [-0.39, 0.29) is 18.1 Å². The van der Waals surface area contributed by atoms with Crippen LogP contribution in [0.5, 0.6) is 0 Å². The highest BCUT2D eigenvalue weighted by atomic mass is 32.2. The van der Waals surface area contributed by atoms with Gasteiger partial charge in [0.05, 0.1) is 11.5 Å². The van der Waals surface area contributed by atoms with E-state index in [2.05, 4.69) is 5.32 Å². The molecule has 2 rings (SSSR count). The molecule has 0 bridgehead atoms. The Morgan fingerprint density at radius 1 is 1.27 bits per heavy atom. The first-order chi connectivity index (χ1) is 10.4. The molecule has 1 aromatic rings. The van der Waals surface area contributed by atoms with E-state index in [4.69, 9.17) is 0 Å². The maximum absolute atomic E-state index is 12.2. The Balaban J connectivity index is 1.95. The fourth-order valence-electron chi connectivity index (χ4n) is 2.57. The number of amides is 2. The molecule has 1 heterocycles. The van der Waals surface area contributed by atoms with Crippen molar-refractivity contribution >= 4 is 21.7 Å². The van der Waals surface area contributed by atoms with Crippen molar-refractivity contribution in [2.75, 3.05) is 18.1 Å². The van der Waals surface area contributed by atoms with Crippen LogP contribution in [0.4, 0.5) is 0 Å². The molecule has 0 saturated carbocycles. The molecule has 1 atom stereocenters. The molecule has 1 aromatic carbocycles. The summed E-state index contributed by atoms with van der Waals surface area (Å²) >= 11 is 0. The zero-order valence-corrected chi connectivity index (χ0v) is 13.3. The number of hydrogen-bond acceptors (Lipinski definition) is 4. The molecule has 22 heavy (non-hydrogen) atoms. The third-order valence-corrected chi connectivity index (χ3v) is 5.49. The quantitative estimate of drug-likeness (QED) is 0.810. The summed E-state index contributed by atoms with van der Waals surface area (Å²) in [5.74, 6) is -1.35. The minimum Gasteiger partial charge on any atom is -0.344 e. The molecular formula is C15H20N2O4S. The number of hydrogen-bond donors (Lipinski definition) is 1. The van der Waals surface area contributed by atoms with Gasteiger partial charge in [-0.15, -0.1) is 0 Å². The zero-order chi connectivity index (χ0) is 16.2. The van der Waals surface area contributed by atoms with Crippen LogP contribution >= 0.6 is 0 Å². The Kier molecular flexibility index (Phi) is 5.18. The largest absolute Gasteiger partial charge is 0.344 e. The first-order valence-corrected chi connectivity index (χ1v) is 9.08. The maximum Gasteiger partial charge on any atom is 0.312 e. The second-order valence-electron chi connectivity index (χ2n) is 5.32. The lowest BCUT2D eigenvalue weighted by atomic mass is 10.2. The highest BCUT2D eigenvalue weighted by Crippen LogP contribution is 2.17. The second kappa shape index (κ2) is 6.91. The van der Waals surface area contributed by atoms with Crippen molar-refractivity contribution in [2.45, 2.75) is 25.9 Å². The van der Waals surface area contributed by atoms with Gasteiger partial charge in [0.15, 0.2) is 9.84 Å². The predicted molar refractivity (Wildman–Crippen MR) is 82.7 cm³/mol. The van der Waals surface area contributed by atoms with Crippen molar-refractivity contribution in [3.05, 3.63) is 35.9 Å². The van der Waals surface area contributed by atoms with Crippen molar-refractivity contribution in [2.24, 2.45) is 0 Å². The summed E-state index contributed by atoms with van der Waals surface area (Å²) in [4.78, 5) is 25.5. The second-order valence-corrected chi connectivity index (χ2v) is 7.55. The SMILES string of the molecule is CCN(C(=O)C(=O)NCc1ccccc1)C1CCS(=O)(=O)C1. The van der Waals surface area contributed by atoms with Gasteiger partial charge in [-0.25, -0.2) is 8.42 Å². The fraction of sp³-hybridized carbons (Fsp3) is 0.467. The minimum absolute atomic E-state index is 0.0570. The third-order valence-electron chi connectivity index (χ3n) is 3.74. The summed E-state index contributed by atoms with van der Waals surface area (Å²) in [6.45, 7) is 2.33. The fourth-order valence-corrected chi connectivity index (χ4v) is 4.30. The van der Waals surface area contributed by atoms with Gasteiger partial charge in [0, 0.05) is 19.1 Å². The standard InChI is InChI=1S/C15H20N2O4S/c1-2-17(13-8-9-22(20,21)11-13)15(19)14(18)16-10-12-6-4-3-5-7-12/h3-7,13H,2,8-11H2,1H3,(H,16,18). The molecule has 120 valence electrons. The lowest BCUT2D eigenvalue weighted by Crippen LogP contribution is -2.48.